The largest absolute Gasteiger partial charge is 0.423 e. The van der Waals surface area contributed by atoms with Crippen molar-refractivity contribution < 1.29 is 28.4 Å². The van der Waals surface area contributed by atoms with Crippen LogP contribution < -0.4 is 54.7 Å². The molecule has 0 aliphatic heterocycles. The van der Waals surface area contributed by atoms with E-state index in [2.05, 4.69) is 41.9 Å². The first-order valence-electron chi connectivity index (χ1n) is 18.3. The normalized spacial score (nSPS) is 13.2. The molecule has 19 heteroatoms. The third kappa shape index (κ3) is 15.2. The predicted octanol–water partition coefficient (Wildman–Crippen LogP) is -0.514. The van der Waals surface area contributed by atoms with Crippen molar-refractivity contribution in [2.24, 2.45) is 17.2 Å². The van der Waals surface area contributed by atoms with Crippen molar-refractivity contribution in [2.45, 2.75) is 95.8 Å². The standard InChI is InChI=1S/C36H54N12O7/c1-21-16-31(50)55-30-18-23(11-12-25(21)30)45-33(52)27(10-4-6-14-42-22(2)49)46-34(53)28(9-3-5-13-37)47-35(54)29(17-24-19-41-20-44-24)48-32(51)26(38)8-7-15-43-36(39)40/h11-12,16,18-20,26-29H,3-10,13-15,17,37-38H2,1-2H3,(H,41,44)(H,42,49)(H,45,52)(H,46,53)(H,47,54)(H,48,51)(H4,39,40,43)/t26-,27-,28-,29-/m0/s1. The lowest BCUT2D eigenvalue weighted by Crippen LogP contribution is -2.58. The summed E-state index contributed by atoms with van der Waals surface area (Å²) in [5.41, 5.74) is 18.4. The molecule has 3 rings (SSSR count). The Morgan fingerprint density at radius 3 is 2.16 bits per heavy atom. The third-order valence-electron chi connectivity index (χ3n) is 8.67. The Bertz CT molecular complexity index is 1810. The lowest BCUT2D eigenvalue weighted by Gasteiger charge is -2.26. The second kappa shape index (κ2) is 22.4. The summed E-state index contributed by atoms with van der Waals surface area (Å²) in [6, 6.07) is 1.95. The van der Waals surface area contributed by atoms with E-state index in [0.717, 1.165) is 0 Å². The summed E-state index contributed by atoms with van der Waals surface area (Å²) < 4.78 is 5.32. The van der Waals surface area contributed by atoms with E-state index in [1.165, 1.54) is 25.4 Å². The van der Waals surface area contributed by atoms with Crippen molar-refractivity contribution in [2.75, 3.05) is 25.0 Å². The number of anilines is 1. The first-order valence-corrected chi connectivity index (χ1v) is 18.3. The average molecular weight is 767 g/mol. The molecule has 0 unspecified atom stereocenters. The zero-order chi connectivity index (χ0) is 40.3. The minimum atomic E-state index is -1.16. The highest BCUT2D eigenvalue weighted by atomic mass is 16.4. The maximum absolute atomic E-state index is 13.9. The number of benzene rings is 1. The zero-order valence-corrected chi connectivity index (χ0v) is 31.3. The molecule has 0 radical (unpaired) electrons. The van der Waals surface area contributed by atoms with Crippen LogP contribution in [0.25, 0.3) is 11.0 Å². The van der Waals surface area contributed by atoms with Crippen LogP contribution in [0.4, 0.5) is 5.69 Å². The van der Waals surface area contributed by atoms with E-state index in [-0.39, 0.29) is 43.1 Å². The molecule has 2 aromatic heterocycles. The number of guanidine groups is 1. The van der Waals surface area contributed by atoms with E-state index in [4.69, 9.17) is 27.0 Å². The van der Waals surface area contributed by atoms with E-state index < -0.39 is 53.4 Å². The van der Waals surface area contributed by atoms with Crippen LogP contribution in [0.1, 0.15) is 69.5 Å². The Kier molecular flexibility index (Phi) is 17.8. The van der Waals surface area contributed by atoms with Crippen LogP contribution in [0.2, 0.25) is 0 Å². The van der Waals surface area contributed by atoms with Crippen LogP contribution >= 0.6 is 0 Å². The number of H-pyrrole nitrogens is 1. The van der Waals surface area contributed by atoms with Gasteiger partial charge in [-0.3, -0.25) is 29.4 Å². The quantitative estimate of drug-likeness (QED) is 0.0252. The van der Waals surface area contributed by atoms with Gasteiger partial charge in [-0.15, -0.1) is 0 Å². The number of aryl methyl sites for hydroxylation is 1. The first-order chi connectivity index (χ1) is 26.3. The number of hydrogen-bond donors (Lipinski definition) is 11. The number of unbranched alkanes of at least 4 members (excludes halogenated alkanes) is 2. The second-order valence-electron chi connectivity index (χ2n) is 13.2. The number of nitrogens with two attached hydrogens (primary N) is 3. The summed E-state index contributed by atoms with van der Waals surface area (Å²) in [5.74, 6) is -2.84. The average Bonchev–Trinajstić information content (AvgIpc) is 3.64. The lowest BCUT2D eigenvalue weighted by molar-refractivity contribution is -0.133. The van der Waals surface area contributed by atoms with Crippen molar-refractivity contribution in [3.63, 3.8) is 0 Å². The first kappa shape index (κ1) is 43.6. The number of nitrogens with zero attached hydrogens (tertiary/aromatic N) is 1. The molecule has 0 aliphatic carbocycles. The van der Waals surface area contributed by atoms with Gasteiger partial charge in [-0.2, -0.15) is 0 Å². The number of amides is 5. The third-order valence-corrected chi connectivity index (χ3v) is 8.67. The fourth-order valence-electron chi connectivity index (χ4n) is 5.72. The Labute approximate surface area is 318 Å². The van der Waals surface area contributed by atoms with Crippen molar-refractivity contribution in [3.05, 3.63) is 58.5 Å². The number of imidazole rings is 1. The van der Waals surface area contributed by atoms with Gasteiger partial charge in [-0.25, -0.2) is 9.78 Å². The van der Waals surface area contributed by atoms with Crippen molar-refractivity contribution in [1.29, 1.82) is 5.41 Å². The monoisotopic (exact) mass is 766 g/mol. The van der Waals surface area contributed by atoms with Crippen LogP contribution in [0.15, 0.2) is 46.0 Å². The topological polar surface area (TPSA) is 318 Å². The second-order valence-corrected chi connectivity index (χ2v) is 13.2. The molecular weight excluding hydrogens is 712 g/mol. The molecule has 0 saturated carbocycles. The molecule has 300 valence electrons. The van der Waals surface area contributed by atoms with Gasteiger partial charge in [0.05, 0.1) is 18.1 Å². The van der Waals surface area contributed by atoms with E-state index in [1.54, 1.807) is 25.3 Å². The fourth-order valence-corrected chi connectivity index (χ4v) is 5.72. The maximum atomic E-state index is 13.9. The Hall–Kier alpha value is -5.82. The van der Waals surface area contributed by atoms with Crippen LogP contribution in [-0.2, 0) is 30.4 Å². The number of carbonyl (C=O) groups is 5. The minimum absolute atomic E-state index is 0.0123. The number of aromatic amines is 1. The molecular formula is C36H54N12O7. The summed E-state index contributed by atoms with van der Waals surface area (Å²) in [6.45, 7) is 4.23. The predicted molar refractivity (Wildman–Crippen MR) is 207 cm³/mol. The molecule has 0 saturated heterocycles. The van der Waals surface area contributed by atoms with Crippen LogP contribution in [-0.4, -0.2) is 89.3 Å². The summed E-state index contributed by atoms with van der Waals surface area (Å²) in [6.07, 6.45) is 6.07. The SMILES string of the molecule is CC(=O)NCCCC[C@H](NC(=O)[C@H](CCCCN)NC(=O)[C@H](Cc1c[nH]cn1)NC(=O)[C@@H](N)CCCNC(=N)N)C(=O)Nc1ccc2c(C)cc(=O)oc2c1. The minimum Gasteiger partial charge on any atom is -0.423 e. The van der Waals surface area contributed by atoms with Gasteiger partial charge in [0.25, 0.3) is 0 Å². The Morgan fingerprint density at radius 1 is 0.855 bits per heavy atom. The van der Waals surface area contributed by atoms with E-state index in [1.807, 2.05) is 0 Å². The maximum Gasteiger partial charge on any atom is 0.336 e. The van der Waals surface area contributed by atoms with Crippen molar-refractivity contribution in [1.82, 2.24) is 36.6 Å². The highest BCUT2D eigenvalue weighted by Gasteiger charge is 2.31. The number of rotatable bonds is 23. The van der Waals surface area contributed by atoms with Gasteiger partial charge in [0, 0.05) is 55.8 Å². The van der Waals surface area contributed by atoms with Crippen LogP contribution in [0, 0.1) is 12.3 Å². The van der Waals surface area contributed by atoms with Gasteiger partial charge in [0.1, 0.15) is 23.7 Å². The van der Waals surface area contributed by atoms with Gasteiger partial charge in [0.15, 0.2) is 5.96 Å². The number of aromatic nitrogens is 2. The molecule has 5 amide bonds. The van der Waals surface area contributed by atoms with E-state index in [9.17, 15) is 28.8 Å². The lowest BCUT2D eigenvalue weighted by atomic mass is 10.0. The highest BCUT2D eigenvalue weighted by molar-refractivity contribution is 6.00. The van der Waals surface area contributed by atoms with Gasteiger partial charge < -0.3 is 58.5 Å². The highest BCUT2D eigenvalue weighted by Crippen LogP contribution is 2.21. The van der Waals surface area contributed by atoms with E-state index in [0.29, 0.717) is 74.1 Å². The Morgan fingerprint density at radius 2 is 1.51 bits per heavy atom. The molecule has 3 aromatic rings. The van der Waals surface area contributed by atoms with Crippen molar-refractivity contribution in [3.8, 4) is 0 Å². The Balaban J connectivity index is 1.80. The molecule has 0 bridgehead atoms. The molecule has 14 N–H and O–H groups in total. The van der Waals surface area contributed by atoms with E-state index >= 15 is 0 Å². The smallest absolute Gasteiger partial charge is 0.336 e. The number of fused-ring (bicyclic) bond motifs is 1. The molecule has 0 fully saturated rings. The summed E-state index contributed by atoms with van der Waals surface area (Å²) in [5, 5.41) is 24.3. The molecule has 4 atom stereocenters. The van der Waals surface area contributed by atoms with Gasteiger partial charge >= 0.3 is 5.63 Å². The summed E-state index contributed by atoms with van der Waals surface area (Å²) >= 11 is 0. The number of hydrogen-bond acceptors (Lipinski definition) is 11. The molecule has 0 aliphatic rings. The van der Waals surface area contributed by atoms with Crippen LogP contribution in [0.5, 0.6) is 0 Å². The molecule has 19 nitrogen and oxygen atoms in total. The number of nitrogens with one attached hydrogen (secondary N) is 8. The van der Waals surface area contributed by atoms with Gasteiger partial charge in [-0.1, -0.05) is 0 Å². The summed E-state index contributed by atoms with van der Waals surface area (Å²) in [7, 11) is 0. The van der Waals surface area contributed by atoms with Crippen molar-refractivity contribution >= 4 is 52.2 Å². The fraction of sp³-hybridized carbons (Fsp3) is 0.500. The van der Waals surface area contributed by atoms with Crippen LogP contribution in [0.3, 0.4) is 0 Å². The van der Waals surface area contributed by atoms with Gasteiger partial charge in [0.2, 0.25) is 29.5 Å². The molecule has 0 spiro atoms. The molecule has 1 aromatic carbocycles. The number of carbonyl (C=O) groups excluding carboxylic acids is 5. The zero-order valence-electron chi connectivity index (χ0n) is 31.3. The summed E-state index contributed by atoms with van der Waals surface area (Å²) in [4.78, 5) is 84.9. The molecule has 55 heavy (non-hydrogen) atoms. The van der Waals surface area contributed by atoms with Gasteiger partial charge in [-0.05, 0) is 82.5 Å². The molecule has 2 heterocycles.